The number of carboxylic acid groups (broad SMARTS) is 2. The molecule has 2 aliphatic heterocycles. The van der Waals surface area contributed by atoms with Crippen LogP contribution in [0.1, 0.15) is 43.0 Å². The number of para-hydroxylation sites is 1. The van der Waals surface area contributed by atoms with Crippen LogP contribution in [0.5, 0.6) is 0 Å². The summed E-state index contributed by atoms with van der Waals surface area (Å²) in [5, 5.41) is 18.6. The summed E-state index contributed by atoms with van der Waals surface area (Å²) in [6.45, 7) is 3.76. The highest BCUT2D eigenvalue weighted by atomic mass is 16.4. The Balaban J connectivity index is 1.34. The zero-order valence-corrected chi connectivity index (χ0v) is 18.6. The van der Waals surface area contributed by atoms with Crippen LogP contribution >= 0.6 is 0 Å². The summed E-state index contributed by atoms with van der Waals surface area (Å²) < 4.78 is 0. The largest absolute Gasteiger partial charge is 0.478 e. The van der Waals surface area contributed by atoms with E-state index < -0.39 is 11.9 Å². The Morgan fingerprint density at radius 2 is 1.47 bits per heavy atom. The third kappa shape index (κ3) is 4.30. The fraction of sp³-hybridized carbons (Fsp3) is 0.222. The normalized spacial score (nSPS) is 15.6. The van der Waals surface area contributed by atoms with Crippen molar-refractivity contribution in [2.75, 3.05) is 26.2 Å². The average Bonchev–Trinajstić information content (AvgIpc) is 3.01. The molecule has 0 unspecified atom stereocenters. The smallest absolute Gasteiger partial charge is 0.336 e. The van der Waals surface area contributed by atoms with Gasteiger partial charge in [-0.1, -0.05) is 48.5 Å². The number of carboxylic acids is 2. The molecule has 2 aliphatic rings. The van der Waals surface area contributed by atoms with E-state index in [0.717, 1.165) is 49.7 Å². The van der Waals surface area contributed by atoms with E-state index in [2.05, 4.69) is 52.3 Å². The first kappa shape index (κ1) is 21.9. The quantitative estimate of drug-likeness (QED) is 0.620. The maximum Gasteiger partial charge on any atom is 0.336 e. The van der Waals surface area contributed by atoms with Gasteiger partial charge >= 0.3 is 11.9 Å². The van der Waals surface area contributed by atoms with Gasteiger partial charge in [-0.05, 0) is 34.9 Å². The number of nitrogens with zero attached hydrogens (tertiary/aromatic N) is 3. The van der Waals surface area contributed by atoms with Gasteiger partial charge in [-0.15, -0.1) is 0 Å². The molecule has 2 N–H and O–H groups in total. The summed E-state index contributed by atoms with van der Waals surface area (Å²) in [4.78, 5) is 32.5. The Morgan fingerprint density at radius 3 is 2.21 bits per heavy atom. The molecule has 0 aromatic heterocycles. The lowest BCUT2D eigenvalue weighted by atomic mass is 9.99. The Bertz CT molecular complexity index is 1290. The van der Waals surface area contributed by atoms with Gasteiger partial charge in [0.05, 0.1) is 16.8 Å². The molecule has 7 nitrogen and oxygen atoms in total. The van der Waals surface area contributed by atoms with Gasteiger partial charge in [0.25, 0.3) is 0 Å². The topological polar surface area (TPSA) is 93.4 Å². The lowest BCUT2D eigenvalue weighted by Crippen LogP contribution is -2.48. The van der Waals surface area contributed by atoms with E-state index in [4.69, 9.17) is 4.99 Å². The number of amidine groups is 1. The van der Waals surface area contributed by atoms with Crippen molar-refractivity contribution in [3.05, 3.63) is 100 Å². The maximum atomic E-state index is 11.5. The molecule has 172 valence electrons. The number of hydrogen-bond donors (Lipinski definition) is 2. The lowest BCUT2D eigenvalue weighted by molar-refractivity contribution is 0.0651. The van der Waals surface area contributed by atoms with Gasteiger partial charge < -0.3 is 15.1 Å². The van der Waals surface area contributed by atoms with E-state index in [1.165, 1.54) is 28.8 Å². The molecule has 3 aromatic rings. The van der Waals surface area contributed by atoms with E-state index in [-0.39, 0.29) is 11.1 Å². The van der Waals surface area contributed by atoms with Gasteiger partial charge in [0, 0.05) is 44.7 Å². The summed E-state index contributed by atoms with van der Waals surface area (Å²) in [5.74, 6) is -1.46. The molecule has 1 fully saturated rings. The molecule has 0 spiro atoms. The Labute approximate surface area is 197 Å². The first-order chi connectivity index (χ1) is 16.5. The van der Waals surface area contributed by atoms with Gasteiger partial charge in [0.2, 0.25) is 0 Å². The van der Waals surface area contributed by atoms with Crippen LogP contribution in [-0.2, 0) is 13.0 Å². The molecular formula is C27H25N3O4. The fourth-order valence-corrected chi connectivity index (χ4v) is 4.71. The molecule has 0 bridgehead atoms. The minimum absolute atomic E-state index is 0.174. The van der Waals surface area contributed by atoms with Crippen molar-refractivity contribution in [1.29, 1.82) is 0 Å². The lowest BCUT2D eigenvalue weighted by Gasteiger charge is -2.37. The minimum atomic E-state index is -1.23. The van der Waals surface area contributed by atoms with Gasteiger partial charge in [0.1, 0.15) is 5.84 Å². The Hall–Kier alpha value is -3.97. The second-order valence-corrected chi connectivity index (χ2v) is 8.65. The number of benzene rings is 3. The molecular weight excluding hydrogens is 430 g/mol. The van der Waals surface area contributed by atoms with Crippen molar-refractivity contribution in [2.45, 2.75) is 13.0 Å². The average molecular weight is 456 g/mol. The van der Waals surface area contributed by atoms with Gasteiger partial charge in [-0.25, -0.2) is 14.6 Å². The van der Waals surface area contributed by atoms with Crippen LogP contribution in [0.3, 0.4) is 0 Å². The number of aromatic carboxylic acids is 2. The van der Waals surface area contributed by atoms with Crippen molar-refractivity contribution >= 4 is 23.5 Å². The number of fused-ring (bicyclic) bond motifs is 2. The highest BCUT2D eigenvalue weighted by Gasteiger charge is 2.25. The fourth-order valence-electron chi connectivity index (χ4n) is 4.71. The summed E-state index contributed by atoms with van der Waals surface area (Å²) in [5.41, 5.74) is 5.11. The van der Waals surface area contributed by atoms with Crippen molar-refractivity contribution in [1.82, 2.24) is 9.80 Å². The van der Waals surface area contributed by atoms with Gasteiger partial charge in [0.15, 0.2) is 0 Å². The summed E-state index contributed by atoms with van der Waals surface area (Å²) in [6, 6.07) is 21.3. The number of carbonyl (C=O) groups is 2. The number of piperazine rings is 1. The summed E-state index contributed by atoms with van der Waals surface area (Å²) >= 11 is 0. The third-order valence-electron chi connectivity index (χ3n) is 6.48. The molecule has 0 saturated carbocycles. The van der Waals surface area contributed by atoms with Crippen molar-refractivity contribution in [2.24, 2.45) is 4.99 Å². The van der Waals surface area contributed by atoms with E-state index in [1.807, 2.05) is 6.07 Å². The number of hydrogen-bond acceptors (Lipinski definition) is 5. The molecule has 0 atom stereocenters. The molecule has 5 rings (SSSR count). The number of aliphatic imine (C=N–C) groups is 1. The van der Waals surface area contributed by atoms with E-state index in [0.29, 0.717) is 6.54 Å². The predicted molar refractivity (Wildman–Crippen MR) is 129 cm³/mol. The van der Waals surface area contributed by atoms with Crippen LogP contribution in [0.2, 0.25) is 0 Å². The first-order valence-electron chi connectivity index (χ1n) is 11.3. The molecule has 0 amide bonds. The zero-order chi connectivity index (χ0) is 23.7. The molecule has 2 heterocycles. The molecule has 1 saturated heterocycles. The highest BCUT2D eigenvalue weighted by molar-refractivity contribution is 6.03. The monoisotopic (exact) mass is 455 g/mol. The van der Waals surface area contributed by atoms with E-state index in [1.54, 1.807) is 6.07 Å². The minimum Gasteiger partial charge on any atom is -0.478 e. The van der Waals surface area contributed by atoms with Crippen LogP contribution in [-0.4, -0.2) is 64.0 Å². The number of rotatable bonds is 4. The van der Waals surface area contributed by atoms with Crippen LogP contribution < -0.4 is 0 Å². The predicted octanol–water partition coefficient (Wildman–Crippen LogP) is 3.88. The van der Waals surface area contributed by atoms with Crippen LogP contribution in [0.4, 0.5) is 5.69 Å². The van der Waals surface area contributed by atoms with Crippen molar-refractivity contribution < 1.29 is 19.8 Å². The standard InChI is InChI=1S/C27H25N3O4/c31-26(32)22-10-9-18(15-23(22)27(33)34)17-29-11-13-30(14-12-29)25-21-7-3-1-5-19(21)16-20-6-2-4-8-24(20)28-25/h1-10,15H,11-14,16-17H2,(H,31,32)(H,33,34). The second kappa shape index (κ2) is 9.11. The molecule has 7 heteroatoms. The van der Waals surface area contributed by atoms with Crippen LogP contribution in [0.15, 0.2) is 71.7 Å². The SMILES string of the molecule is O=C(O)c1ccc(CN2CCN(C3=Nc4ccccc4Cc4ccccc43)CC2)cc1C(=O)O. The zero-order valence-electron chi connectivity index (χ0n) is 18.6. The molecule has 34 heavy (non-hydrogen) atoms. The maximum absolute atomic E-state index is 11.5. The van der Waals surface area contributed by atoms with E-state index in [9.17, 15) is 19.8 Å². The second-order valence-electron chi connectivity index (χ2n) is 8.65. The van der Waals surface area contributed by atoms with Gasteiger partial charge in [-0.3, -0.25) is 4.90 Å². The summed E-state index contributed by atoms with van der Waals surface area (Å²) in [6.07, 6.45) is 0.859. The third-order valence-corrected chi connectivity index (χ3v) is 6.48. The molecule has 0 aliphatic carbocycles. The Kier molecular flexibility index (Phi) is 5.86. The van der Waals surface area contributed by atoms with E-state index >= 15 is 0 Å². The summed E-state index contributed by atoms with van der Waals surface area (Å²) in [7, 11) is 0. The van der Waals surface area contributed by atoms with Gasteiger partial charge in [-0.2, -0.15) is 0 Å². The molecule has 0 radical (unpaired) electrons. The molecule has 3 aromatic carbocycles. The highest BCUT2D eigenvalue weighted by Crippen LogP contribution is 2.30. The first-order valence-corrected chi connectivity index (χ1v) is 11.3. The van der Waals surface area contributed by atoms with Crippen molar-refractivity contribution in [3.63, 3.8) is 0 Å². The van der Waals surface area contributed by atoms with Crippen LogP contribution in [0.25, 0.3) is 0 Å². The van der Waals surface area contributed by atoms with Crippen LogP contribution in [0, 0.1) is 0 Å². The van der Waals surface area contributed by atoms with Crippen molar-refractivity contribution in [3.8, 4) is 0 Å². The Morgan fingerprint density at radius 1 is 0.794 bits per heavy atom.